The molecule has 1 N–H and O–H groups in total. The molecule has 0 radical (unpaired) electrons. The van der Waals surface area contributed by atoms with Crippen LogP contribution in [-0.4, -0.2) is 49.2 Å². The van der Waals surface area contributed by atoms with E-state index in [1.165, 1.54) is 0 Å². The summed E-state index contributed by atoms with van der Waals surface area (Å²) in [7, 11) is 1.55. The molecule has 1 amide bonds. The van der Waals surface area contributed by atoms with E-state index in [4.69, 9.17) is 16.3 Å². The lowest BCUT2D eigenvalue weighted by molar-refractivity contribution is -0.137. The molecule has 8 heteroatoms. The van der Waals surface area contributed by atoms with Crippen molar-refractivity contribution in [1.82, 2.24) is 10.2 Å². The van der Waals surface area contributed by atoms with Gasteiger partial charge in [0.15, 0.2) is 0 Å². The molecule has 134 valence electrons. The van der Waals surface area contributed by atoms with Crippen LogP contribution in [0.3, 0.4) is 0 Å². The summed E-state index contributed by atoms with van der Waals surface area (Å²) in [5.74, 6) is -0.635. The molecule has 1 aromatic carbocycles. The number of rotatable bonds is 4. The lowest BCUT2D eigenvalue weighted by atomic mass is 10.1. The van der Waals surface area contributed by atoms with Crippen LogP contribution >= 0.6 is 11.6 Å². The topological polar surface area (TPSA) is 41.6 Å². The standard InChI is InChI=1S/C16H20ClF3N2O2/c1-9(2)22-7-13(14(8-22)24-3)21-15(23)11-6-10(16(18,19)20)4-5-12(11)17/h4-6,9,13-14H,7-8H2,1-3H3,(H,21,23)/t13-,14-/m0/s1. The van der Waals surface area contributed by atoms with Gasteiger partial charge in [-0.1, -0.05) is 11.6 Å². The lowest BCUT2D eigenvalue weighted by Crippen LogP contribution is -2.43. The van der Waals surface area contributed by atoms with Crippen LogP contribution in [0.2, 0.25) is 5.02 Å². The molecule has 4 nitrogen and oxygen atoms in total. The van der Waals surface area contributed by atoms with Crippen LogP contribution in [0.1, 0.15) is 29.8 Å². The molecule has 2 atom stereocenters. The van der Waals surface area contributed by atoms with Crippen molar-refractivity contribution in [3.05, 3.63) is 34.3 Å². The quantitative estimate of drug-likeness (QED) is 0.892. The predicted octanol–water partition coefficient (Wildman–Crippen LogP) is 3.20. The monoisotopic (exact) mass is 364 g/mol. The molecule has 1 aromatic rings. The first-order valence-electron chi connectivity index (χ1n) is 7.58. The van der Waals surface area contributed by atoms with Gasteiger partial charge in [0.05, 0.1) is 28.3 Å². The zero-order chi connectivity index (χ0) is 18.1. The molecule has 1 fully saturated rings. The Hall–Kier alpha value is -1.31. The van der Waals surface area contributed by atoms with E-state index in [0.717, 1.165) is 18.2 Å². The number of alkyl halides is 3. The number of amides is 1. The molecule has 0 unspecified atom stereocenters. The van der Waals surface area contributed by atoms with Crippen molar-refractivity contribution in [2.75, 3.05) is 20.2 Å². The van der Waals surface area contributed by atoms with Crippen molar-refractivity contribution >= 4 is 17.5 Å². The van der Waals surface area contributed by atoms with Gasteiger partial charge in [-0.25, -0.2) is 0 Å². The van der Waals surface area contributed by atoms with Crippen LogP contribution in [0.25, 0.3) is 0 Å². The van der Waals surface area contributed by atoms with Crippen LogP contribution in [0.5, 0.6) is 0 Å². The van der Waals surface area contributed by atoms with E-state index in [1.54, 1.807) is 7.11 Å². The van der Waals surface area contributed by atoms with Crippen LogP contribution in [-0.2, 0) is 10.9 Å². The maximum atomic E-state index is 12.8. The Morgan fingerprint density at radius 1 is 1.38 bits per heavy atom. The van der Waals surface area contributed by atoms with Crippen molar-refractivity contribution in [2.45, 2.75) is 38.2 Å². The highest BCUT2D eigenvalue weighted by atomic mass is 35.5. The normalized spacial score (nSPS) is 22.2. The zero-order valence-electron chi connectivity index (χ0n) is 13.7. The molecule has 1 aliphatic rings. The van der Waals surface area contributed by atoms with Crippen molar-refractivity contribution in [2.24, 2.45) is 0 Å². The summed E-state index contributed by atoms with van der Waals surface area (Å²) in [5.41, 5.74) is -1.10. The van der Waals surface area contributed by atoms with Crippen molar-refractivity contribution in [1.29, 1.82) is 0 Å². The number of ether oxygens (including phenoxy) is 1. The second kappa shape index (κ2) is 7.29. The molecule has 0 saturated carbocycles. The molecule has 1 saturated heterocycles. The van der Waals surface area contributed by atoms with E-state index in [1.807, 2.05) is 13.8 Å². The van der Waals surface area contributed by atoms with Gasteiger partial charge < -0.3 is 10.1 Å². The number of methoxy groups -OCH3 is 1. The molecular weight excluding hydrogens is 345 g/mol. The molecule has 0 spiro atoms. The number of hydrogen-bond acceptors (Lipinski definition) is 3. The highest BCUT2D eigenvalue weighted by Gasteiger charge is 2.36. The predicted molar refractivity (Wildman–Crippen MR) is 85.2 cm³/mol. The third kappa shape index (κ3) is 4.20. The Morgan fingerprint density at radius 2 is 2.04 bits per heavy atom. The van der Waals surface area contributed by atoms with Crippen LogP contribution in [0, 0.1) is 0 Å². The summed E-state index contributed by atoms with van der Waals surface area (Å²) in [4.78, 5) is 14.5. The summed E-state index contributed by atoms with van der Waals surface area (Å²) in [5, 5.41) is 2.72. The smallest absolute Gasteiger partial charge is 0.378 e. The zero-order valence-corrected chi connectivity index (χ0v) is 14.4. The highest BCUT2D eigenvalue weighted by Crippen LogP contribution is 2.32. The van der Waals surface area contributed by atoms with Gasteiger partial charge in [0.2, 0.25) is 0 Å². The number of halogens is 4. The highest BCUT2D eigenvalue weighted by molar-refractivity contribution is 6.33. The Balaban J connectivity index is 2.17. The fourth-order valence-corrected chi connectivity index (χ4v) is 2.93. The van der Waals surface area contributed by atoms with E-state index in [0.29, 0.717) is 13.1 Å². The third-order valence-corrected chi connectivity index (χ3v) is 4.51. The minimum Gasteiger partial charge on any atom is -0.378 e. The fourth-order valence-electron chi connectivity index (χ4n) is 2.72. The molecule has 24 heavy (non-hydrogen) atoms. The number of likely N-dealkylation sites (tertiary alicyclic amines) is 1. The Kier molecular flexibility index (Phi) is 5.78. The van der Waals surface area contributed by atoms with Crippen LogP contribution in [0.4, 0.5) is 13.2 Å². The molecule has 0 bridgehead atoms. The molecular formula is C16H20ClF3N2O2. The first-order valence-corrected chi connectivity index (χ1v) is 7.95. The largest absolute Gasteiger partial charge is 0.416 e. The van der Waals surface area contributed by atoms with Gasteiger partial charge in [0.25, 0.3) is 5.91 Å². The number of hydrogen-bond donors (Lipinski definition) is 1. The van der Waals surface area contributed by atoms with Gasteiger partial charge >= 0.3 is 6.18 Å². The number of nitrogens with one attached hydrogen (secondary N) is 1. The summed E-state index contributed by atoms with van der Waals surface area (Å²) < 4.78 is 43.8. The van der Waals surface area contributed by atoms with E-state index in [-0.39, 0.29) is 28.8 Å². The second-order valence-electron chi connectivity index (χ2n) is 6.09. The van der Waals surface area contributed by atoms with E-state index in [2.05, 4.69) is 10.2 Å². The maximum Gasteiger partial charge on any atom is 0.416 e. The van der Waals surface area contributed by atoms with Gasteiger partial charge in [-0.2, -0.15) is 13.2 Å². The first-order chi connectivity index (χ1) is 11.1. The first kappa shape index (κ1) is 19.0. The summed E-state index contributed by atoms with van der Waals surface area (Å²) in [6.45, 7) is 5.27. The number of benzene rings is 1. The molecule has 0 aliphatic carbocycles. The second-order valence-corrected chi connectivity index (χ2v) is 6.50. The van der Waals surface area contributed by atoms with Crippen LogP contribution in [0.15, 0.2) is 18.2 Å². The molecule has 0 aromatic heterocycles. The molecule has 2 rings (SSSR count). The van der Waals surface area contributed by atoms with Crippen LogP contribution < -0.4 is 5.32 Å². The fraction of sp³-hybridized carbons (Fsp3) is 0.562. The Labute approximate surface area is 143 Å². The van der Waals surface area contributed by atoms with E-state index >= 15 is 0 Å². The molecule has 1 heterocycles. The van der Waals surface area contributed by atoms with Gasteiger partial charge in [-0.05, 0) is 32.0 Å². The maximum absolute atomic E-state index is 12.8. The third-order valence-electron chi connectivity index (χ3n) is 4.18. The van der Waals surface area contributed by atoms with Gasteiger partial charge in [-0.3, -0.25) is 9.69 Å². The lowest BCUT2D eigenvalue weighted by Gasteiger charge is -2.20. The average molecular weight is 365 g/mol. The van der Waals surface area contributed by atoms with Crippen molar-refractivity contribution in [3.63, 3.8) is 0 Å². The minimum absolute atomic E-state index is 0.0202. The van der Waals surface area contributed by atoms with Gasteiger partial charge in [-0.15, -0.1) is 0 Å². The summed E-state index contributed by atoms with van der Waals surface area (Å²) >= 11 is 5.91. The Morgan fingerprint density at radius 3 is 2.58 bits per heavy atom. The van der Waals surface area contributed by atoms with E-state index in [9.17, 15) is 18.0 Å². The van der Waals surface area contributed by atoms with Crippen molar-refractivity contribution < 1.29 is 22.7 Å². The van der Waals surface area contributed by atoms with Gasteiger partial charge in [0, 0.05) is 26.2 Å². The van der Waals surface area contributed by atoms with Gasteiger partial charge in [0.1, 0.15) is 0 Å². The Bertz CT molecular complexity index is 607. The molecule has 1 aliphatic heterocycles. The minimum atomic E-state index is -4.53. The average Bonchev–Trinajstić information content (AvgIpc) is 2.89. The summed E-state index contributed by atoms with van der Waals surface area (Å²) in [6.07, 6.45) is -4.75. The number of carbonyl (C=O) groups excluding carboxylic acids is 1. The van der Waals surface area contributed by atoms with Crippen molar-refractivity contribution in [3.8, 4) is 0 Å². The SMILES string of the molecule is CO[C@H]1CN(C(C)C)C[C@@H]1NC(=O)c1cc(C(F)(F)F)ccc1Cl. The number of carbonyl (C=O) groups is 1. The number of nitrogens with zero attached hydrogens (tertiary/aromatic N) is 1. The summed E-state index contributed by atoms with van der Waals surface area (Å²) in [6, 6.07) is 2.68. The van der Waals surface area contributed by atoms with E-state index < -0.39 is 17.6 Å².